The molecule has 1 unspecified atom stereocenters. The van der Waals surface area contributed by atoms with Crippen molar-refractivity contribution >= 4 is 33.5 Å². The number of hydrogen-bond donors (Lipinski definition) is 0. The third kappa shape index (κ3) is 4.12. The van der Waals surface area contributed by atoms with Gasteiger partial charge in [-0.15, -0.1) is 11.6 Å². The second kappa shape index (κ2) is 5.98. The van der Waals surface area contributed by atoms with Crippen LogP contribution in [0.4, 0.5) is 0 Å². The van der Waals surface area contributed by atoms with Gasteiger partial charge in [0.05, 0.1) is 6.61 Å². The van der Waals surface area contributed by atoms with Crippen molar-refractivity contribution in [1.29, 1.82) is 0 Å². The molecule has 0 aromatic heterocycles. The third-order valence-corrected chi connectivity index (χ3v) is 1.76. The zero-order chi connectivity index (χ0) is 7.98. The van der Waals surface area contributed by atoms with Gasteiger partial charge >= 0.3 is 5.97 Å². The van der Waals surface area contributed by atoms with Crippen LogP contribution in [-0.4, -0.2) is 23.3 Å². The van der Waals surface area contributed by atoms with Crippen LogP contribution < -0.4 is 0 Å². The van der Waals surface area contributed by atoms with E-state index in [1.54, 1.807) is 6.92 Å². The molecule has 0 bridgehead atoms. The fourth-order valence-electron chi connectivity index (χ4n) is 0.446. The van der Waals surface area contributed by atoms with E-state index in [-0.39, 0.29) is 5.97 Å². The van der Waals surface area contributed by atoms with E-state index in [2.05, 4.69) is 20.7 Å². The normalized spacial score (nSPS) is 12.7. The molecule has 0 radical (unpaired) electrons. The first-order valence-electron chi connectivity index (χ1n) is 3.09. The van der Waals surface area contributed by atoms with Crippen LogP contribution in [0.3, 0.4) is 0 Å². The standard InChI is InChI=1S/C6H10BrClO2/c1-2-10-6(9)5(8)3-4-7/h5H,2-4H2,1H3. The molecule has 0 N–H and O–H groups in total. The van der Waals surface area contributed by atoms with Gasteiger partial charge in [0.2, 0.25) is 0 Å². The zero-order valence-electron chi connectivity index (χ0n) is 5.77. The maximum Gasteiger partial charge on any atom is 0.324 e. The zero-order valence-corrected chi connectivity index (χ0v) is 8.11. The second-order valence-corrected chi connectivity index (χ2v) is 3.02. The first kappa shape index (κ1) is 10.2. The minimum atomic E-state index is -0.501. The predicted octanol–water partition coefficient (Wildman–Crippen LogP) is 1.94. The van der Waals surface area contributed by atoms with E-state index in [4.69, 9.17) is 11.6 Å². The van der Waals surface area contributed by atoms with E-state index < -0.39 is 5.38 Å². The molecule has 0 heterocycles. The summed E-state index contributed by atoms with van der Waals surface area (Å²) < 4.78 is 4.66. The van der Waals surface area contributed by atoms with Gasteiger partial charge in [-0.25, -0.2) is 0 Å². The summed E-state index contributed by atoms with van der Waals surface area (Å²) in [6.07, 6.45) is 0.611. The molecule has 1 atom stereocenters. The number of hydrogen-bond acceptors (Lipinski definition) is 2. The largest absolute Gasteiger partial charge is 0.465 e. The Labute approximate surface area is 74.0 Å². The highest BCUT2D eigenvalue weighted by atomic mass is 79.9. The Bertz CT molecular complexity index is 108. The summed E-state index contributed by atoms with van der Waals surface area (Å²) >= 11 is 8.78. The van der Waals surface area contributed by atoms with Crippen LogP contribution in [0, 0.1) is 0 Å². The van der Waals surface area contributed by atoms with Gasteiger partial charge in [-0.1, -0.05) is 15.9 Å². The number of ether oxygens (including phenoxy) is 1. The van der Waals surface area contributed by atoms with Gasteiger partial charge in [-0.3, -0.25) is 4.79 Å². The van der Waals surface area contributed by atoms with Crippen LogP contribution in [0.2, 0.25) is 0 Å². The highest BCUT2D eigenvalue weighted by Crippen LogP contribution is 2.05. The van der Waals surface area contributed by atoms with E-state index in [1.165, 1.54) is 0 Å². The molecule has 0 aliphatic carbocycles. The van der Waals surface area contributed by atoms with Crippen LogP contribution in [0.25, 0.3) is 0 Å². The maximum atomic E-state index is 10.8. The van der Waals surface area contributed by atoms with Crippen molar-refractivity contribution in [2.75, 3.05) is 11.9 Å². The summed E-state index contributed by atoms with van der Waals surface area (Å²) in [5.74, 6) is -0.330. The Hall–Kier alpha value is 0.240. The van der Waals surface area contributed by atoms with Gasteiger partial charge in [0, 0.05) is 5.33 Å². The summed E-state index contributed by atoms with van der Waals surface area (Å²) in [7, 11) is 0. The Morgan fingerprint density at radius 1 is 1.80 bits per heavy atom. The number of halogens is 2. The van der Waals surface area contributed by atoms with Gasteiger partial charge in [0.25, 0.3) is 0 Å². The smallest absolute Gasteiger partial charge is 0.324 e. The average molecular weight is 230 g/mol. The molecular formula is C6H10BrClO2. The minimum absolute atomic E-state index is 0.330. The molecule has 0 saturated heterocycles. The van der Waals surface area contributed by atoms with Crippen molar-refractivity contribution in [2.24, 2.45) is 0 Å². The lowest BCUT2D eigenvalue weighted by Crippen LogP contribution is -2.17. The Morgan fingerprint density at radius 3 is 2.80 bits per heavy atom. The summed E-state index contributed by atoms with van der Waals surface area (Å²) in [6, 6.07) is 0. The van der Waals surface area contributed by atoms with Crippen LogP contribution in [0.15, 0.2) is 0 Å². The van der Waals surface area contributed by atoms with Gasteiger partial charge in [-0.05, 0) is 13.3 Å². The number of esters is 1. The lowest BCUT2D eigenvalue weighted by Gasteiger charge is -2.05. The van der Waals surface area contributed by atoms with E-state index in [0.29, 0.717) is 13.0 Å². The van der Waals surface area contributed by atoms with Gasteiger partial charge in [0.15, 0.2) is 0 Å². The molecule has 0 rings (SSSR count). The topological polar surface area (TPSA) is 26.3 Å². The first-order valence-corrected chi connectivity index (χ1v) is 4.64. The molecule has 0 aromatic carbocycles. The first-order chi connectivity index (χ1) is 4.72. The van der Waals surface area contributed by atoms with Crippen molar-refractivity contribution in [3.8, 4) is 0 Å². The molecular weight excluding hydrogens is 219 g/mol. The number of carbonyl (C=O) groups excluding carboxylic acids is 1. The quantitative estimate of drug-likeness (QED) is 0.544. The monoisotopic (exact) mass is 228 g/mol. The van der Waals surface area contributed by atoms with E-state index in [0.717, 1.165) is 5.33 Å². The third-order valence-electron chi connectivity index (χ3n) is 0.905. The molecule has 4 heteroatoms. The van der Waals surface area contributed by atoms with E-state index >= 15 is 0 Å². The lowest BCUT2D eigenvalue weighted by atomic mass is 10.3. The molecule has 60 valence electrons. The van der Waals surface area contributed by atoms with Gasteiger partial charge < -0.3 is 4.74 Å². The second-order valence-electron chi connectivity index (χ2n) is 1.70. The lowest BCUT2D eigenvalue weighted by molar-refractivity contribution is -0.142. The molecule has 0 aliphatic heterocycles. The minimum Gasteiger partial charge on any atom is -0.465 e. The summed E-state index contributed by atoms with van der Waals surface area (Å²) in [4.78, 5) is 10.8. The SMILES string of the molecule is CCOC(=O)C(Cl)CCBr. The van der Waals surface area contributed by atoms with Gasteiger partial charge in [0.1, 0.15) is 5.38 Å². The summed E-state index contributed by atoms with van der Waals surface area (Å²) in [5, 5.41) is 0.222. The molecule has 10 heavy (non-hydrogen) atoms. The highest BCUT2D eigenvalue weighted by molar-refractivity contribution is 9.09. The Morgan fingerprint density at radius 2 is 2.40 bits per heavy atom. The summed E-state index contributed by atoms with van der Waals surface area (Å²) in [5.41, 5.74) is 0. The molecule has 2 nitrogen and oxygen atoms in total. The fraction of sp³-hybridized carbons (Fsp3) is 0.833. The number of alkyl halides is 2. The molecule has 0 fully saturated rings. The molecule has 0 spiro atoms. The van der Waals surface area contributed by atoms with E-state index in [1.807, 2.05) is 0 Å². The van der Waals surface area contributed by atoms with Crippen LogP contribution in [0.1, 0.15) is 13.3 Å². The molecule has 0 amide bonds. The van der Waals surface area contributed by atoms with Crippen molar-refractivity contribution < 1.29 is 9.53 Å². The Balaban J connectivity index is 3.49. The average Bonchev–Trinajstić information content (AvgIpc) is 1.89. The van der Waals surface area contributed by atoms with Crippen molar-refractivity contribution in [1.82, 2.24) is 0 Å². The molecule has 0 aliphatic rings. The highest BCUT2D eigenvalue weighted by Gasteiger charge is 2.14. The van der Waals surface area contributed by atoms with E-state index in [9.17, 15) is 4.79 Å². The van der Waals surface area contributed by atoms with Crippen molar-refractivity contribution in [2.45, 2.75) is 18.7 Å². The van der Waals surface area contributed by atoms with Crippen molar-refractivity contribution in [3.63, 3.8) is 0 Å². The van der Waals surface area contributed by atoms with Crippen LogP contribution in [-0.2, 0) is 9.53 Å². The Kier molecular flexibility index (Phi) is 6.13. The number of rotatable bonds is 4. The molecule has 0 aromatic rings. The fourth-order valence-corrected chi connectivity index (χ4v) is 1.34. The van der Waals surface area contributed by atoms with Crippen molar-refractivity contribution in [3.05, 3.63) is 0 Å². The van der Waals surface area contributed by atoms with Crippen LogP contribution in [0.5, 0.6) is 0 Å². The number of carbonyl (C=O) groups is 1. The van der Waals surface area contributed by atoms with Crippen LogP contribution >= 0.6 is 27.5 Å². The van der Waals surface area contributed by atoms with Gasteiger partial charge in [-0.2, -0.15) is 0 Å². The molecule has 0 saturated carbocycles. The maximum absolute atomic E-state index is 10.8. The predicted molar refractivity (Wildman–Crippen MR) is 44.7 cm³/mol. The summed E-state index contributed by atoms with van der Waals surface area (Å²) in [6.45, 7) is 2.15.